The molecule has 3 aliphatic rings. The molecule has 0 amide bonds. The average Bonchev–Trinajstić information content (AvgIpc) is 2.70. The zero-order chi connectivity index (χ0) is 10.3. The highest BCUT2D eigenvalue weighted by Crippen LogP contribution is 2.41. The quantitative estimate of drug-likeness (QED) is 0.669. The molecule has 3 aliphatic heterocycles. The summed E-state index contributed by atoms with van der Waals surface area (Å²) in [5.74, 6) is -0.765. The Labute approximate surface area is 88.3 Å². The number of aliphatic hydroxyl groups is 1. The molecule has 3 rings (SSSR count). The molecule has 1 spiro atoms. The Kier molecular flexibility index (Phi) is 2.45. The summed E-state index contributed by atoms with van der Waals surface area (Å²) in [5.41, 5.74) is 0. The van der Waals surface area contributed by atoms with Gasteiger partial charge in [-0.15, -0.1) is 0 Å². The van der Waals surface area contributed by atoms with E-state index < -0.39 is 12.1 Å². The lowest BCUT2D eigenvalue weighted by Gasteiger charge is -2.44. The topological polar surface area (TPSA) is 57.2 Å². The van der Waals surface area contributed by atoms with Crippen molar-refractivity contribution in [2.45, 2.75) is 43.5 Å². The van der Waals surface area contributed by atoms with Gasteiger partial charge in [-0.05, 0) is 12.8 Å². The Hall–Kier alpha value is -0.200. The minimum Gasteiger partial charge on any atom is -0.394 e. The fraction of sp³-hybridized carbons (Fsp3) is 1.00. The van der Waals surface area contributed by atoms with Gasteiger partial charge >= 0.3 is 0 Å². The summed E-state index contributed by atoms with van der Waals surface area (Å²) in [5, 5.41) is 9.11. The maximum atomic E-state index is 9.11. The molecule has 1 N–H and O–H groups in total. The zero-order valence-electron chi connectivity index (χ0n) is 8.55. The van der Waals surface area contributed by atoms with Crippen LogP contribution in [-0.2, 0) is 18.9 Å². The van der Waals surface area contributed by atoms with E-state index in [9.17, 15) is 0 Å². The van der Waals surface area contributed by atoms with E-state index in [-0.39, 0.29) is 18.8 Å². The van der Waals surface area contributed by atoms with Crippen LogP contribution in [0.5, 0.6) is 0 Å². The first-order valence-electron chi connectivity index (χ1n) is 5.52. The van der Waals surface area contributed by atoms with Gasteiger partial charge in [0.25, 0.3) is 0 Å². The lowest BCUT2D eigenvalue weighted by molar-refractivity contribution is -0.381. The molecule has 5 nitrogen and oxygen atoms in total. The fourth-order valence-corrected chi connectivity index (χ4v) is 2.43. The van der Waals surface area contributed by atoms with Crippen LogP contribution in [0.15, 0.2) is 0 Å². The molecule has 5 heteroatoms. The average molecular weight is 216 g/mol. The minimum atomic E-state index is -0.765. The molecule has 3 fully saturated rings. The monoisotopic (exact) mass is 216 g/mol. The second kappa shape index (κ2) is 3.68. The van der Waals surface area contributed by atoms with Crippen LogP contribution in [0, 0.1) is 0 Å². The molecule has 0 radical (unpaired) electrons. The van der Waals surface area contributed by atoms with Crippen LogP contribution in [0.4, 0.5) is 0 Å². The van der Waals surface area contributed by atoms with Crippen molar-refractivity contribution in [3.63, 3.8) is 0 Å². The first kappa shape index (κ1) is 9.99. The lowest BCUT2D eigenvalue weighted by atomic mass is 10.0. The predicted octanol–water partition coefficient (Wildman–Crippen LogP) is 0.0158. The van der Waals surface area contributed by atoms with Gasteiger partial charge < -0.3 is 24.1 Å². The Morgan fingerprint density at radius 1 is 1.33 bits per heavy atom. The molecule has 0 aromatic carbocycles. The molecule has 0 aromatic heterocycles. The van der Waals surface area contributed by atoms with E-state index in [0.29, 0.717) is 13.2 Å². The predicted molar refractivity (Wildman–Crippen MR) is 49.1 cm³/mol. The van der Waals surface area contributed by atoms with Gasteiger partial charge in [-0.1, -0.05) is 0 Å². The van der Waals surface area contributed by atoms with Crippen molar-refractivity contribution in [2.75, 3.05) is 19.8 Å². The molecule has 0 saturated carbocycles. The van der Waals surface area contributed by atoms with Crippen molar-refractivity contribution in [2.24, 2.45) is 0 Å². The molecule has 15 heavy (non-hydrogen) atoms. The first-order chi connectivity index (χ1) is 7.32. The van der Waals surface area contributed by atoms with Gasteiger partial charge in [-0.2, -0.15) is 0 Å². The Balaban J connectivity index is 1.77. The van der Waals surface area contributed by atoms with Gasteiger partial charge in [0.1, 0.15) is 0 Å². The van der Waals surface area contributed by atoms with Gasteiger partial charge in [0, 0.05) is 6.42 Å². The SMILES string of the molecule is OCC1CCOC2(CC[C@H]3CO[C@@H]2O3)O1. The van der Waals surface area contributed by atoms with Crippen LogP contribution >= 0.6 is 0 Å². The molecule has 3 saturated heterocycles. The number of hydrogen-bond donors (Lipinski definition) is 1. The first-order valence-corrected chi connectivity index (χ1v) is 5.52. The van der Waals surface area contributed by atoms with Crippen LogP contribution in [0.25, 0.3) is 0 Å². The van der Waals surface area contributed by atoms with Crippen molar-refractivity contribution in [1.29, 1.82) is 0 Å². The summed E-state index contributed by atoms with van der Waals surface area (Å²) >= 11 is 0. The third-order valence-electron chi connectivity index (χ3n) is 3.28. The van der Waals surface area contributed by atoms with E-state index in [4.69, 9.17) is 24.1 Å². The molecular weight excluding hydrogens is 200 g/mol. The van der Waals surface area contributed by atoms with Gasteiger partial charge in [-0.25, -0.2) is 0 Å². The minimum absolute atomic E-state index is 0.0290. The number of hydrogen-bond acceptors (Lipinski definition) is 5. The molecule has 2 bridgehead atoms. The number of ether oxygens (including phenoxy) is 4. The van der Waals surface area contributed by atoms with E-state index in [0.717, 1.165) is 19.3 Å². The largest absolute Gasteiger partial charge is 0.394 e. The Morgan fingerprint density at radius 2 is 2.27 bits per heavy atom. The second-order valence-corrected chi connectivity index (χ2v) is 4.33. The van der Waals surface area contributed by atoms with Gasteiger partial charge in [0.2, 0.25) is 12.1 Å². The van der Waals surface area contributed by atoms with E-state index >= 15 is 0 Å². The number of rotatable bonds is 1. The van der Waals surface area contributed by atoms with E-state index in [2.05, 4.69) is 0 Å². The molecule has 4 atom stereocenters. The van der Waals surface area contributed by atoms with Gasteiger partial charge in [0.05, 0.1) is 32.0 Å². The lowest BCUT2D eigenvalue weighted by Crippen LogP contribution is -2.56. The van der Waals surface area contributed by atoms with E-state index in [1.807, 2.05) is 0 Å². The van der Waals surface area contributed by atoms with Crippen LogP contribution < -0.4 is 0 Å². The summed E-state index contributed by atoms with van der Waals surface area (Å²) < 4.78 is 22.6. The maximum Gasteiger partial charge on any atom is 0.221 e. The van der Waals surface area contributed by atoms with Crippen LogP contribution in [0.1, 0.15) is 19.3 Å². The van der Waals surface area contributed by atoms with E-state index in [1.165, 1.54) is 0 Å². The summed E-state index contributed by atoms with van der Waals surface area (Å²) in [7, 11) is 0. The molecular formula is C10H16O5. The summed E-state index contributed by atoms with van der Waals surface area (Å²) in [6.07, 6.45) is 2.05. The smallest absolute Gasteiger partial charge is 0.221 e. The Morgan fingerprint density at radius 3 is 3.13 bits per heavy atom. The summed E-state index contributed by atoms with van der Waals surface area (Å²) in [6.45, 7) is 1.25. The molecule has 0 aromatic rings. The normalized spacial score (nSPS) is 49.8. The maximum absolute atomic E-state index is 9.11. The van der Waals surface area contributed by atoms with Crippen molar-refractivity contribution in [3.8, 4) is 0 Å². The zero-order valence-corrected chi connectivity index (χ0v) is 8.55. The van der Waals surface area contributed by atoms with Crippen molar-refractivity contribution in [3.05, 3.63) is 0 Å². The molecule has 86 valence electrons. The second-order valence-electron chi connectivity index (χ2n) is 4.33. The van der Waals surface area contributed by atoms with Crippen molar-refractivity contribution in [1.82, 2.24) is 0 Å². The van der Waals surface area contributed by atoms with Crippen LogP contribution in [0.3, 0.4) is 0 Å². The summed E-state index contributed by atoms with van der Waals surface area (Å²) in [4.78, 5) is 0. The Bertz CT molecular complexity index is 246. The fourth-order valence-electron chi connectivity index (χ4n) is 2.43. The number of fused-ring (bicyclic) bond motifs is 3. The van der Waals surface area contributed by atoms with Gasteiger partial charge in [0.15, 0.2) is 0 Å². The van der Waals surface area contributed by atoms with Crippen molar-refractivity contribution < 1.29 is 24.1 Å². The molecule has 3 heterocycles. The van der Waals surface area contributed by atoms with Crippen molar-refractivity contribution >= 4 is 0 Å². The molecule has 0 aliphatic carbocycles. The highest BCUT2D eigenvalue weighted by Gasteiger charge is 2.54. The van der Waals surface area contributed by atoms with Gasteiger partial charge in [-0.3, -0.25) is 0 Å². The number of aliphatic hydroxyl groups excluding tert-OH is 1. The summed E-state index contributed by atoms with van der Waals surface area (Å²) in [6, 6.07) is 0. The molecule has 2 unspecified atom stereocenters. The van der Waals surface area contributed by atoms with Crippen LogP contribution in [0.2, 0.25) is 0 Å². The standard InChI is InChI=1S/C10H16O5/c11-5-7-2-4-13-10(15-7)3-1-8-6-12-9(10)14-8/h7-9,11H,1-6H2/t7?,8-,9+,10?/m0/s1. The third-order valence-corrected chi connectivity index (χ3v) is 3.28. The van der Waals surface area contributed by atoms with Crippen LogP contribution in [-0.4, -0.2) is 49.2 Å². The third kappa shape index (κ3) is 1.59. The van der Waals surface area contributed by atoms with E-state index in [1.54, 1.807) is 0 Å². The highest BCUT2D eigenvalue weighted by atomic mass is 16.8. The highest BCUT2D eigenvalue weighted by molar-refractivity contribution is 4.89.